The molecule has 17 heteroatoms. The molecule has 0 spiro atoms. The van der Waals surface area contributed by atoms with Gasteiger partial charge in [-0.1, -0.05) is 23.2 Å². The largest absolute Gasteiger partial charge is 0.427 e. The van der Waals surface area contributed by atoms with Gasteiger partial charge in [-0.15, -0.1) is 0 Å². The molecule has 0 radical (unpaired) electrons. The Morgan fingerprint density at radius 1 is 0.520 bits per heavy atom. The Morgan fingerprint density at radius 3 is 0.800 bits per heavy atom. The fourth-order valence-corrected chi connectivity index (χ4v) is 1.09. The van der Waals surface area contributed by atoms with Gasteiger partial charge in [0.25, 0.3) is 0 Å². The molecular weight excluding hydrogens is 443 g/mol. The zero-order valence-electron chi connectivity index (χ0n) is 10.5. The van der Waals surface area contributed by atoms with E-state index in [-0.39, 0.29) is 0 Å². The van der Waals surface area contributed by atoms with Crippen molar-refractivity contribution < 1.29 is 67.0 Å². The third kappa shape index (κ3) is 3.85. The molecule has 0 aliphatic heterocycles. The summed E-state index contributed by atoms with van der Waals surface area (Å²) in [7, 11) is 0. The van der Waals surface area contributed by atoms with Gasteiger partial charge in [0.15, 0.2) is 0 Å². The summed E-state index contributed by atoms with van der Waals surface area (Å²) in [5.74, 6) is -8.00. The smallest absolute Gasteiger partial charge is 0.389 e. The predicted molar refractivity (Wildman–Crippen MR) is 52.5 cm³/mol. The Morgan fingerprint density at radius 2 is 0.680 bits per heavy atom. The van der Waals surface area contributed by atoms with E-state index in [1.807, 2.05) is 0 Å². The highest BCUT2D eigenvalue weighted by Crippen LogP contribution is 2.51. The minimum atomic E-state index is -6.81. The van der Waals surface area contributed by atoms with Gasteiger partial charge in [-0.05, 0) is 0 Å². The number of carbonyl (C=O) groups is 2. The van der Waals surface area contributed by atoms with Gasteiger partial charge in [-0.3, -0.25) is 0 Å². The highest BCUT2D eigenvalue weighted by atomic mass is 35.5. The molecule has 0 bridgehead atoms. The summed E-state index contributed by atoms with van der Waals surface area (Å²) in [6.45, 7) is 0. The van der Waals surface area contributed by atoms with Crippen molar-refractivity contribution >= 4 is 35.1 Å². The fourth-order valence-electron chi connectivity index (χ4n) is 1.01. The molecule has 0 N–H and O–H groups in total. The van der Waals surface area contributed by atoms with Gasteiger partial charge >= 0.3 is 46.4 Å². The molecule has 3 nitrogen and oxygen atoms in total. The third-order valence-electron chi connectivity index (χ3n) is 2.31. The van der Waals surface area contributed by atoms with Crippen LogP contribution in [0, 0.1) is 0 Å². The molecule has 25 heavy (non-hydrogen) atoms. The number of alkyl halides is 14. The van der Waals surface area contributed by atoms with Crippen LogP contribution in [-0.4, -0.2) is 46.4 Å². The molecule has 0 heterocycles. The van der Waals surface area contributed by atoms with E-state index in [0.29, 0.717) is 0 Å². The van der Waals surface area contributed by atoms with Gasteiger partial charge in [0.05, 0.1) is 0 Å². The number of halogens is 14. The Balaban J connectivity index is 6.08. The van der Waals surface area contributed by atoms with Gasteiger partial charge < -0.3 is 4.74 Å². The van der Waals surface area contributed by atoms with Crippen molar-refractivity contribution in [3.05, 3.63) is 0 Å². The second-order valence-electron chi connectivity index (χ2n) is 3.98. The Labute approximate surface area is 137 Å². The maximum absolute atomic E-state index is 12.3. The van der Waals surface area contributed by atoms with E-state index in [4.69, 9.17) is 0 Å². The molecule has 0 amide bonds. The highest BCUT2D eigenvalue weighted by molar-refractivity contribution is 6.39. The van der Waals surface area contributed by atoms with Crippen molar-refractivity contribution in [3.63, 3.8) is 0 Å². The van der Waals surface area contributed by atoms with Crippen LogP contribution >= 0.6 is 23.2 Å². The lowest BCUT2D eigenvalue weighted by Crippen LogP contribution is -2.63. The first-order chi connectivity index (χ1) is 10.5. The van der Waals surface area contributed by atoms with E-state index in [2.05, 4.69) is 27.9 Å². The maximum atomic E-state index is 12.3. The molecule has 0 aliphatic rings. The van der Waals surface area contributed by atoms with E-state index in [1.165, 1.54) is 0 Å². The molecule has 0 aliphatic carbocycles. The average Bonchev–Trinajstić information content (AvgIpc) is 2.30. The SMILES string of the molecule is O=C(OC(=O)C(Cl)(C(F)(F)F)C(F)(F)F)C(Cl)(C(F)(F)F)C(F)(F)F. The Bertz CT molecular complexity index is 467. The topological polar surface area (TPSA) is 43.4 Å². The van der Waals surface area contributed by atoms with Crippen LogP contribution in [0.2, 0.25) is 0 Å². The van der Waals surface area contributed by atoms with E-state index in [1.54, 1.807) is 0 Å². The molecule has 0 rings (SSSR count). The second-order valence-corrected chi connectivity index (χ2v) is 5.12. The quantitative estimate of drug-likeness (QED) is 0.278. The molecule has 0 saturated carbocycles. The lowest BCUT2D eigenvalue weighted by Gasteiger charge is -2.32. The molecular formula is C8Cl2F12O3. The van der Waals surface area contributed by atoms with Crippen LogP contribution < -0.4 is 0 Å². The standard InChI is InChI=1S/C8Cl2F12O3/c9-3(5(11,12)13,6(14,15)16)1(23)25-2(24)4(10,7(17,18)19)8(20,21)22. The summed E-state index contributed by atoms with van der Waals surface area (Å²) < 4.78 is 150. The molecule has 0 fully saturated rings. The van der Waals surface area contributed by atoms with Gasteiger partial charge in [-0.25, -0.2) is 9.59 Å². The average molecular weight is 443 g/mol. The Hall–Kier alpha value is -1.12. The zero-order valence-corrected chi connectivity index (χ0v) is 12.0. The van der Waals surface area contributed by atoms with Crippen LogP contribution in [0.1, 0.15) is 0 Å². The minimum Gasteiger partial charge on any atom is -0.389 e. The summed E-state index contributed by atoms with van der Waals surface area (Å²) >= 11 is 7.96. The van der Waals surface area contributed by atoms with Crippen LogP contribution in [-0.2, 0) is 14.3 Å². The van der Waals surface area contributed by atoms with Crippen molar-refractivity contribution in [2.45, 2.75) is 34.5 Å². The molecule has 0 saturated heterocycles. The number of rotatable bonds is 2. The first kappa shape index (κ1) is 23.9. The van der Waals surface area contributed by atoms with Crippen molar-refractivity contribution in [1.29, 1.82) is 0 Å². The molecule has 0 aromatic carbocycles. The van der Waals surface area contributed by atoms with E-state index < -0.39 is 46.4 Å². The van der Waals surface area contributed by atoms with Gasteiger partial charge in [-0.2, -0.15) is 52.7 Å². The molecule has 0 aromatic rings. The monoisotopic (exact) mass is 442 g/mol. The van der Waals surface area contributed by atoms with Crippen molar-refractivity contribution in [2.24, 2.45) is 0 Å². The van der Waals surface area contributed by atoms with Crippen molar-refractivity contribution in [2.75, 3.05) is 0 Å². The van der Waals surface area contributed by atoms with Gasteiger partial charge in [0.2, 0.25) is 0 Å². The number of hydrogen-bond donors (Lipinski definition) is 0. The van der Waals surface area contributed by atoms with Crippen LogP contribution in [0.4, 0.5) is 52.7 Å². The van der Waals surface area contributed by atoms with Crippen LogP contribution in [0.25, 0.3) is 0 Å². The highest BCUT2D eigenvalue weighted by Gasteiger charge is 2.80. The summed E-state index contributed by atoms with van der Waals surface area (Å²) in [5, 5.41) is 0. The lowest BCUT2D eigenvalue weighted by molar-refractivity contribution is -0.274. The minimum absolute atomic E-state index is 2.46. The van der Waals surface area contributed by atoms with Crippen LogP contribution in [0.5, 0.6) is 0 Å². The van der Waals surface area contributed by atoms with Crippen LogP contribution in [0.3, 0.4) is 0 Å². The summed E-state index contributed by atoms with van der Waals surface area (Å²) in [6.07, 6.45) is -27.2. The summed E-state index contributed by atoms with van der Waals surface area (Å²) in [6, 6.07) is 0. The van der Waals surface area contributed by atoms with E-state index in [0.717, 1.165) is 0 Å². The van der Waals surface area contributed by atoms with Crippen molar-refractivity contribution in [1.82, 2.24) is 0 Å². The number of hydrogen-bond acceptors (Lipinski definition) is 3. The Kier molecular flexibility index (Phi) is 5.97. The van der Waals surface area contributed by atoms with E-state index in [9.17, 15) is 62.3 Å². The van der Waals surface area contributed by atoms with E-state index >= 15 is 0 Å². The molecule has 0 unspecified atom stereocenters. The second kappa shape index (κ2) is 6.25. The van der Waals surface area contributed by atoms with Crippen molar-refractivity contribution in [3.8, 4) is 0 Å². The lowest BCUT2D eigenvalue weighted by atomic mass is 10.1. The normalized spacial score (nSPS) is 15.1. The maximum Gasteiger partial charge on any atom is 0.427 e. The van der Waals surface area contributed by atoms with Gasteiger partial charge in [0.1, 0.15) is 0 Å². The first-order valence-electron chi connectivity index (χ1n) is 4.96. The molecule has 0 aromatic heterocycles. The fraction of sp³-hybridized carbons (Fsp3) is 0.750. The van der Waals surface area contributed by atoms with Crippen LogP contribution in [0.15, 0.2) is 0 Å². The number of carbonyl (C=O) groups excluding carboxylic acids is 2. The predicted octanol–water partition coefficient (Wildman–Crippen LogP) is 4.26. The zero-order chi connectivity index (χ0) is 20.9. The number of esters is 2. The molecule has 148 valence electrons. The summed E-state index contributed by atoms with van der Waals surface area (Å²) in [4.78, 5) is 9.48. The van der Waals surface area contributed by atoms with Gasteiger partial charge in [0, 0.05) is 0 Å². The third-order valence-corrected chi connectivity index (χ3v) is 3.48. The molecule has 0 atom stereocenters. The first-order valence-corrected chi connectivity index (χ1v) is 5.72. The summed E-state index contributed by atoms with van der Waals surface area (Å²) in [5.41, 5.74) is 0. The number of ether oxygens (including phenoxy) is 1.